The van der Waals surface area contributed by atoms with Crippen LogP contribution in [0.4, 0.5) is 4.39 Å². The van der Waals surface area contributed by atoms with Crippen LogP contribution in [-0.4, -0.2) is 20.7 Å². The van der Waals surface area contributed by atoms with Crippen LogP contribution < -0.4 is 5.32 Å². The summed E-state index contributed by atoms with van der Waals surface area (Å²) in [4.78, 5) is 16.2. The molecule has 3 rings (SSSR count). The maximum atomic E-state index is 13.1. The van der Waals surface area contributed by atoms with Crippen LogP contribution in [0, 0.1) is 12.7 Å². The normalized spacial score (nSPS) is 12.4. The van der Waals surface area contributed by atoms with Gasteiger partial charge in [0.25, 0.3) is 0 Å². The molecule has 5 nitrogen and oxygen atoms in total. The van der Waals surface area contributed by atoms with Gasteiger partial charge in [-0.3, -0.25) is 4.79 Å². The van der Waals surface area contributed by atoms with Crippen LogP contribution in [0.3, 0.4) is 0 Å². The first-order chi connectivity index (χ1) is 12.0. The molecule has 0 bridgehead atoms. The largest absolute Gasteiger partial charge is 0.346 e. The van der Waals surface area contributed by atoms with Crippen molar-refractivity contribution < 1.29 is 9.18 Å². The van der Waals surface area contributed by atoms with E-state index in [9.17, 15) is 9.18 Å². The number of carbonyl (C=O) groups excluding carboxylic acids is 1. The van der Waals surface area contributed by atoms with E-state index in [2.05, 4.69) is 15.4 Å². The van der Waals surface area contributed by atoms with Gasteiger partial charge in [-0.1, -0.05) is 0 Å². The zero-order valence-corrected chi connectivity index (χ0v) is 14.6. The third-order valence-corrected chi connectivity index (χ3v) is 4.51. The summed E-state index contributed by atoms with van der Waals surface area (Å²) in [6.07, 6.45) is 6.56. The highest BCUT2D eigenvalue weighted by atomic mass is 32.1. The van der Waals surface area contributed by atoms with Crippen LogP contribution in [0.15, 0.2) is 48.1 Å². The van der Waals surface area contributed by atoms with Crippen molar-refractivity contribution in [3.63, 3.8) is 0 Å². The van der Waals surface area contributed by atoms with Crippen LogP contribution in [0.2, 0.25) is 0 Å². The molecule has 3 aromatic rings. The molecule has 1 atom stereocenters. The zero-order valence-electron chi connectivity index (χ0n) is 13.8. The Bertz CT molecular complexity index is 884. The lowest BCUT2D eigenvalue weighted by molar-refractivity contribution is -0.117. The van der Waals surface area contributed by atoms with Crippen molar-refractivity contribution in [3.8, 4) is 5.69 Å². The predicted octanol–water partition coefficient (Wildman–Crippen LogP) is 3.67. The van der Waals surface area contributed by atoms with E-state index in [1.54, 1.807) is 35.3 Å². The van der Waals surface area contributed by atoms with Crippen molar-refractivity contribution in [2.45, 2.75) is 19.9 Å². The Morgan fingerprint density at radius 1 is 1.36 bits per heavy atom. The minimum Gasteiger partial charge on any atom is -0.346 e. The lowest BCUT2D eigenvalue weighted by atomic mass is 10.1. The molecule has 7 heteroatoms. The standard InChI is InChI=1S/C18H17FN4OS/c1-12(22-17(24)7-8-18-20-9-10-25-18)16-11-21-23(13(16)2)15-5-3-14(19)4-6-15/h3-12H,1-2H3,(H,22,24)/b8-7+/t12-/m1/s1. The van der Waals surface area contributed by atoms with E-state index in [0.29, 0.717) is 0 Å². The number of halogens is 1. The molecular weight excluding hydrogens is 339 g/mol. The summed E-state index contributed by atoms with van der Waals surface area (Å²) in [5.41, 5.74) is 2.57. The van der Waals surface area contributed by atoms with E-state index in [0.717, 1.165) is 22.0 Å². The van der Waals surface area contributed by atoms with Gasteiger partial charge in [-0.2, -0.15) is 5.10 Å². The summed E-state index contributed by atoms with van der Waals surface area (Å²) < 4.78 is 14.8. The highest BCUT2D eigenvalue weighted by Gasteiger charge is 2.15. The molecule has 2 heterocycles. The van der Waals surface area contributed by atoms with Gasteiger partial charge in [0.05, 0.1) is 17.9 Å². The van der Waals surface area contributed by atoms with Crippen LogP contribution >= 0.6 is 11.3 Å². The number of carbonyl (C=O) groups is 1. The molecule has 0 unspecified atom stereocenters. The second-order valence-electron chi connectivity index (χ2n) is 5.51. The van der Waals surface area contributed by atoms with Crippen molar-refractivity contribution in [1.29, 1.82) is 0 Å². The molecule has 0 saturated heterocycles. The fraction of sp³-hybridized carbons (Fsp3) is 0.167. The average molecular weight is 356 g/mol. The Labute approximate surface area is 148 Å². The number of hydrogen-bond donors (Lipinski definition) is 1. The second-order valence-corrected chi connectivity index (χ2v) is 6.43. The summed E-state index contributed by atoms with van der Waals surface area (Å²) in [6.45, 7) is 3.81. The molecule has 1 aromatic carbocycles. The minimum atomic E-state index is -0.290. The lowest BCUT2D eigenvalue weighted by Crippen LogP contribution is -2.25. The van der Waals surface area contributed by atoms with Crippen LogP contribution in [0.25, 0.3) is 11.8 Å². The number of amides is 1. The van der Waals surface area contributed by atoms with Crippen LogP contribution in [0.1, 0.15) is 29.2 Å². The van der Waals surface area contributed by atoms with Gasteiger partial charge < -0.3 is 5.32 Å². The van der Waals surface area contributed by atoms with Crippen LogP contribution in [-0.2, 0) is 4.79 Å². The van der Waals surface area contributed by atoms with Gasteiger partial charge in [0.2, 0.25) is 5.91 Å². The monoisotopic (exact) mass is 356 g/mol. The number of thiazole rings is 1. The SMILES string of the molecule is Cc1c([C@@H](C)NC(=O)/C=C/c2nccs2)cnn1-c1ccc(F)cc1. The van der Waals surface area contributed by atoms with Gasteiger partial charge in [-0.05, 0) is 44.2 Å². The maximum absolute atomic E-state index is 13.1. The molecule has 0 aliphatic rings. The van der Waals surface area contributed by atoms with Crippen molar-refractivity contribution in [3.05, 3.63) is 70.2 Å². The van der Waals surface area contributed by atoms with Gasteiger partial charge in [0.15, 0.2) is 0 Å². The van der Waals surface area contributed by atoms with Gasteiger partial charge >= 0.3 is 0 Å². The van der Waals surface area contributed by atoms with E-state index in [1.807, 2.05) is 19.2 Å². The molecule has 0 fully saturated rings. The minimum absolute atomic E-state index is 0.198. The highest BCUT2D eigenvalue weighted by Crippen LogP contribution is 2.20. The number of aromatic nitrogens is 3. The molecule has 1 N–H and O–H groups in total. The van der Waals surface area contributed by atoms with E-state index in [1.165, 1.54) is 29.5 Å². The summed E-state index contributed by atoms with van der Waals surface area (Å²) in [6, 6.07) is 5.91. The summed E-state index contributed by atoms with van der Waals surface area (Å²) >= 11 is 1.47. The molecular formula is C18H17FN4OS. The Morgan fingerprint density at radius 3 is 2.80 bits per heavy atom. The van der Waals surface area contributed by atoms with Gasteiger partial charge in [0, 0.05) is 28.9 Å². The topological polar surface area (TPSA) is 59.8 Å². The second kappa shape index (κ2) is 7.40. The number of nitrogens with zero attached hydrogens (tertiary/aromatic N) is 3. The summed E-state index contributed by atoms with van der Waals surface area (Å²) in [5, 5.41) is 9.89. The first-order valence-corrected chi connectivity index (χ1v) is 8.61. The Kier molecular flexibility index (Phi) is 5.04. The molecule has 0 aliphatic heterocycles. The molecule has 2 aromatic heterocycles. The third-order valence-electron chi connectivity index (χ3n) is 3.77. The smallest absolute Gasteiger partial charge is 0.244 e. The lowest BCUT2D eigenvalue weighted by Gasteiger charge is -2.13. The Hall–Kier alpha value is -2.80. The van der Waals surface area contributed by atoms with Crippen molar-refractivity contribution in [2.75, 3.05) is 0 Å². The Morgan fingerprint density at radius 2 is 2.12 bits per heavy atom. The fourth-order valence-electron chi connectivity index (χ4n) is 2.49. The van der Waals surface area contributed by atoms with Crippen molar-refractivity contribution in [1.82, 2.24) is 20.1 Å². The maximum Gasteiger partial charge on any atom is 0.244 e. The number of benzene rings is 1. The number of rotatable bonds is 5. The van der Waals surface area contributed by atoms with E-state index >= 15 is 0 Å². The zero-order chi connectivity index (χ0) is 17.8. The van der Waals surface area contributed by atoms with Crippen LogP contribution in [0.5, 0.6) is 0 Å². The number of hydrogen-bond acceptors (Lipinski definition) is 4. The van der Waals surface area contributed by atoms with E-state index < -0.39 is 0 Å². The predicted molar refractivity (Wildman–Crippen MR) is 96.0 cm³/mol. The van der Waals surface area contributed by atoms with E-state index in [-0.39, 0.29) is 17.8 Å². The van der Waals surface area contributed by atoms with Crippen molar-refractivity contribution in [2.24, 2.45) is 0 Å². The fourth-order valence-corrected chi connectivity index (χ4v) is 3.02. The Balaban J connectivity index is 1.71. The van der Waals surface area contributed by atoms with E-state index in [4.69, 9.17) is 0 Å². The summed E-state index contributed by atoms with van der Waals surface area (Å²) in [5.74, 6) is -0.488. The quantitative estimate of drug-likeness (QED) is 0.710. The van der Waals surface area contributed by atoms with Crippen molar-refractivity contribution >= 4 is 23.3 Å². The highest BCUT2D eigenvalue weighted by molar-refractivity contribution is 7.10. The first-order valence-electron chi connectivity index (χ1n) is 7.73. The summed E-state index contributed by atoms with van der Waals surface area (Å²) in [7, 11) is 0. The van der Waals surface area contributed by atoms with Gasteiger partial charge in [0.1, 0.15) is 10.8 Å². The molecule has 25 heavy (non-hydrogen) atoms. The average Bonchev–Trinajstić information content (AvgIpc) is 3.23. The molecule has 128 valence electrons. The van der Waals surface area contributed by atoms with Gasteiger partial charge in [-0.15, -0.1) is 11.3 Å². The van der Waals surface area contributed by atoms with Gasteiger partial charge in [-0.25, -0.2) is 14.1 Å². The number of nitrogens with one attached hydrogen (secondary N) is 1. The first kappa shape index (κ1) is 17.0. The third kappa shape index (κ3) is 4.00. The molecule has 0 radical (unpaired) electrons. The molecule has 0 saturated carbocycles. The molecule has 1 amide bonds. The molecule has 0 spiro atoms. The molecule has 0 aliphatic carbocycles.